The molecule has 1 aromatic carbocycles. The van der Waals surface area contributed by atoms with Crippen molar-refractivity contribution in [2.45, 2.75) is 18.4 Å². The first kappa shape index (κ1) is 13.9. The number of hydrogen-bond donors (Lipinski definition) is 2. The number of imide groups is 1. The Morgan fingerprint density at radius 3 is 2.81 bits per heavy atom. The Bertz CT molecular complexity index is 634. The number of nitrogens with zero attached hydrogens (tertiary/aromatic N) is 1. The van der Waals surface area contributed by atoms with E-state index in [2.05, 4.69) is 10.6 Å². The minimum absolute atomic E-state index is 0.177. The zero-order chi connectivity index (χ0) is 15.0. The van der Waals surface area contributed by atoms with Crippen LogP contribution in [-0.2, 0) is 4.79 Å². The fourth-order valence-electron chi connectivity index (χ4n) is 2.85. The van der Waals surface area contributed by atoms with Crippen LogP contribution in [0.1, 0.15) is 23.2 Å². The maximum Gasteiger partial charge on any atom is 0.322 e. The van der Waals surface area contributed by atoms with Gasteiger partial charge < -0.3 is 10.2 Å². The van der Waals surface area contributed by atoms with Gasteiger partial charge in [0.15, 0.2) is 0 Å². The summed E-state index contributed by atoms with van der Waals surface area (Å²) in [6, 6.07) is 6.18. The molecule has 2 aliphatic rings. The van der Waals surface area contributed by atoms with Crippen molar-refractivity contribution >= 4 is 29.4 Å². The summed E-state index contributed by atoms with van der Waals surface area (Å²) in [7, 11) is 0. The summed E-state index contributed by atoms with van der Waals surface area (Å²) in [5.74, 6) is -0.554. The molecule has 2 heterocycles. The Morgan fingerprint density at radius 1 is 1.33 bits per heavy atom. The lowest BCUT2D eigenvalue weighted by atomic mass is 9.89. The SMILES string of the molecule is O=C1NC(=O)C2(CCCN(C(=O)c3cccc(Cl)c3)C2)N1. The number of carbonyl (C=O) groups excluding carboxylic acids is 3. The van der Waals surface area contributed by atoms with Crippen LogP contribution >= 0.6 is 11.6 Å². The quantitative estimate of drug-likeness (QED) is 0.764. The average Bonchev–Trinajstić information content (AvgIpc) is 2.72. The van der Waals surface area contributed by atoms with E-state index >= 15 is 0 Å². The van der Waals surface area contributed by atoms with E-state index < -0.39 is 11.6 Å². The van der Waals surface area contributed by atoms with Gasteiger partial charge in [0.25, 0.3) is 11.8 Å². The van der Waals surface area contributed by atoms with Crippen LogP contribution in [0.3, 0.4) is 0 Å². The van der Waals surface area contributed by atoms with Crippen molar-refractivity contribution in [1.29, 1.82) is 0 Å². The monoisotopic (exact) mass is 307 g/mol. The van der Waals surface area contributed by atoms with E-state index in [1.165, 1.54) is 0 Å². The molecule has 0 aromatic heterocycles. The maximum absolute atomic E-state index is 12.5. The Labute approximate surface area is 126 Å². The van der Waals surface area contributed by atoms with E-state index in [-0.39, 0.29) is 18.4 Å². The standard InChI is InChI=1S/C14H14ClN3O3/c15-10-4-1-3-9(7-10)11(19)18-6-2-5-14(8-18)12(20)16-13(21)17-14/h1,3-4,7H,2,5-6,8H2,(H2,16,17,20,21). The van der Waals surface area contributed by atoms with Gasteiger partial charge in [0.2, 0.25) is 0 Å². The van der Waals surface area contributed by atoms with Crippen molar-refractivity contribution in [2.24, 2.45) is 0 Å². The zero-order valence-electron chi connectivity index (χ0n) is 11.2. The van der Waals surface area contributed by atoms with Crippen LogP contribution < -0.4 is 10.6 Å². The number of halogens is 1. The van der Waals surface area contributed by atoms with E-state index in [4.69, 9.17) is 11.6 Å². The first-order chi connectivity index (χ1) is 10.00. The molecule has 2 N–H and O–H groups in total. The fourth-order valence-corrected chi connectivity index (χ4v) is 3.04. The van der Waals surface area contributed by atoms with Crippen molar-refractivity contribution in [3.05, 3.63) is 34.9 Å². The van der Waals surface area contributed by atoms with Crippen molar-refractivity contribution in [2.75, 3.05) is 13.1 Å². The molecule has 0 radical (unpaired) electrons. The molecule has 1 unspecified atom stereocenters. The van der Waals surface area contributed by atoms with Gasteiger partial charge in [0.05, 0.1) is 6.54 Å². The second kappa shape index (κ2) is 5.04. The summed E-state index contributed by atoms with van der Waals surface area (Å²) in [5.41, 5.74) is -0.520. The van der Waals surface area contributed by atoms with Gasteiger partial charge in [-0.25, -0.2) is 4.79 Å². The van der Waals surface area contributed by atoms with E-state index in [1.54, 1.807) is 29.2 Å². The van der Waals surface area contributed by atoms with Crippen LogP contribution in [-0.4, -0.2) is 41.4 Å². The van der Waals surface area contributed by atoms with Gasteiger partial charge in [-0.05, 0) is 31.0 Å². The van der Waals surface area contributed by atoms with Crippen LogP contribution in [0, 0.1) is 0 Å². The molecule has 6 nitrogen and oxygen atoms in total. The highest BCUT2D eigenvalue weighted by molar-refractivity contribution is 6.31. The zero-order valence-corrected chi connectivity index (χ0v) is 11.9. The number of carbonyl (C=O) groups is 3. The molecule has 110 valence electrons. The molecule has 2 aliphatic heterocycles. The van der Waals surface area contributed by atoms with Crippen LogP contribution in [0.2, 0.25) is 5.02 Å². The molecule has 1 spiro atoms. The lowest BCUT2D eigenvalue weighted by Crippen LogP contribution is -2.59. The Kier molecular flexibility index (Phi) is 3.33. The molecule has 1 atom stereocenters. The number of likely N-dealkylation sites (tertiary alicyclic amines) is 1. The van der Waals surface area contributed by atoms with Gasteiger partial charge >= 0.3 is 6.03 Å². The molecule has 21 heavy (non-hydrogen) atoms. The molecule has 3 rings (SSSR count). The highest BCUT2D eigenvalue weighted by atomic mass is 35.5. The van der Waals surface area contributed by atoms with Gasteiger partial charge in [-0.1, -0.05) is 17.7 Å². The molecule has 7 heteroatoms. The lowest BCUT2D eigenvalue weighted by molar-refractivity contribution is -0.125. The molecular weight excluding hydrogens is 294 g/mol. The molecular formula is C14H14ClN3O3. The number of amides is 4. The molecule has 2 fully saturated rings. The lowest BCUT2D eigenvalue weighted by Gasteiger charge is -2.38. The minimum Gasteiger partial charge on any atom is -0.336 e. The molecule has 4 amide bonds. The maximum atomic E-state index is 12.5. The molecule has 2 saturated heterocycles. The van der Waals surface area contributed by atoms with Gasteiger partial charge in [-0.2, -0.15) is 0 Å². The van der Waals surface area contributed by atoms with Crippen molar-refractivity contribution in [1.82, 2.24) is 15.5 Å². The predicted molar refractivity (Wildman–Crippen MR) is 76.0 cm³/mol. The second-order valence-electron chi connectivity index (χ2n) is 5.33. The largest absolute Gasteiger partial charge is 0.336 e. The number of hydrogen-bond acceptors (Lipinski definition) is 3. The van der Waals surface area contributed by atoms with Crippen LogP contribution in [0.25, 0.3) is 0 Å². The summed E-state index contributed by atoms with van der Waals surface area (Å²) in [6.07, 6.45) is 1.18. The molecule has 0 bridgehead atoms. The third kappa shape index (κ3) is 2.47. The second-order valence-corrected chi connectivity index (χ2v) is 5.77. The minimum atomic E-state index is -0.996. The Balaban J connectivity index is 1.82. The number of rotatable bonds is 1. The van der Waals surface area contributed by atoms with Crippen molar-refractivity contribution < 1.29 is 14.4 Å². The fraction of sp³-hybridized carbons (Fsp3) is 0.357. The summed E-state index contributed by atoms with van der Waals surface area (Å²) in [5, 5.41) is 5.37. The predicted octanol–water partition coefficient (Wildman–Crippen LogP) is 1.15. The summed E-state index contributed by atoms with van der Waals surface area (Å²) in [6.45, 7) is 0.728. The molecule has 1 aromatic rings. The molecule has 0 aliphatic carbocycles. The normalized spacial score (nSPS) is 24.9. The first-order valence-corrected chi connectivity index (χ1v) is 7.06. The van der Waals surface area contributed by atoms with Gasteiger partial charge in [-0.15, -0.1) is 0 Å². The highest BCUT2D eigenvalue weighted by Gasteiger charge is 2.49. The van der Waals surface area contributed by atoms with E-state index in [1.807, 2.05) is 0 Å². The average molecular weight is 308 g/mol. The number of nitrogens with one attached hydrogen (secondary N) is 2. The summed E-state index contributed by atoms with van der Waals surface area (Å²) < 4.78 is 0. The first-order valence-electron chi connectivity index (χ1n) is 6.69. The van der Waals surface area contributed by atoms with Crippen LogP contribution in [0.15, 0.2) is 24.3 Å². The topological polar surface area (TPSA) is 78.5 Å². The van der Waals surface area contributed by atoms with Crippen LogP contribution in [0.5, 0.6) is 0 Å². The van der Waals surface area contributed by atoms with Crippen LogP contribution in [0.4, 0.5) is 4.79 Å². The Hall–Kier alpha value is -2.08. The van der Waals surface area contributed by atoms with Gasteiger partial charge in [0.1, 0.15) is 5.54 Å². The number of piperidine rings is 1. The highest BCUT2D eigenvalue weighted by Crippen LogP contribution is 2.26. The van der Waals surface area contributed by atoms with E-state index in [0.29, 0.717) is 30.0 Å². The molecule has 0 saturated carbocycles. The van der Waals surface area contributed by atoms with E-state index in [9.17, 15) is 14.4 Å². The Morgan fingerprint density at radius 2 is 2.14 bits per heavy atom. The van der Waals surface area contributed by atoms with Crippen molar-refractivity contribution in [3.8, 4) is 0 Å². The summed E-state index contributed by atoms with van der Waals surface area (Å²) >= 11 is 5.90. The smallest absolute Gasteiger partial charge is 0.322 e. The third-order valence-corrected chi connectivity index (χ3v) is 4.10. The van der Waals surface area contributed by atoms with Gasteiger partial charge in [0, 0.05) is 17.1 Å². The summed E-state index contributed by atoms with van der Waals surface area (Å²) in [4.78, 5) is 37.4. The number of benzene rings is 1. The van der Waals surface area contributed by atoms with Crippen molar-refractivity contribution in [3.63, 3.8) is 0 Å². The third-order valence-electron chi connectivity index (χ3n) is 3.87. The van der Waals surface area contributed by atoms with E-state index in [0.717, 1.165) is 0 Å². The van der Waals surface area contributed by atoms with Gasteiger partial charge in [-0.3, -0.25) is 14.9 Å². The number of urea groups is 1.